The lowest BCUT2D eigenvalue weighted by Gasteiger charge is -2.14. The Balaban J connectivity index is 2.67. The van der Waals surface area contributed by atoms with Crippen LogP contribution in [0.15, 0.2) is 35.3 Å². The summed E-state index contributed by atoms with van der Waals surface area (Å²) in [5.41, 5.74) is 1.25. The van der Waals surface area contributed by atoms with E-state index in [0.29, 0.717) is 0 Å². The summed E-state index contributed by atoms with van der Waals surface area (Å²) >= 11 is 0. The van der Waals surface area contributed by atoms with Crippen molar-refractivity contribution in [3.63, 3.8) is 0 Å². The third kappa shape index (κ3) is 2.26. The van der Waals surface area contributed by atoms with Gasteiger partial charge >= 0.3 is 0 Å². The molecule has 1 aliphatic rings. The van der Waals surface area contributed by atoms with Crippen molar-refractivity contribution in [3.8, 4) is 0 Å². The van der Waals surface area contributed by atoms with Gasteiger partial charge in [0.2, 0.25) is 0 Å². The average molecular weight is 164 g/mol. The molecule has 1 rings (SSSR count). The second-order valence-electron chi connectivity index (χ2n) is 3.05. The molecule has 0 atom stereocenters. The molecule has 0 N–H and O–H groups in total. The smallest absolute Gasteiger partial charge is 0.107 e. The fourth-order valence-electron chi connectivity index (χ4n) is 1.15. The Morgan fingerprint density at radius 3 is 2.92 bits per heavy atom. The van der Waals surface area contributed by atoms with Crippen LogP contribution in [0.3, 0.4) is 0 Å². The van der Waals surface area contributed by atoms with Crippen molar-refractivity contribution in [1.82, 2.24) is 0 Å². The third-order valence-corrected chi connectivity index (χ3v) is 2.04. The summed E-state index contributed by atoms with van der Waals surface area (Å²) in [6.07, 6.45) is 8.44. The van der Waals surface area contributed by atoms with Crippen molar-refractivity contribution < 1.29 is 4.74 Å². The molecule has 0 aromatic heterocycles. The van der Waals surface area contributed by atoms with E-state index in [1.54, 1.807) is 0 Å². The van der Waals surface area contributed by atoms with E-state index in [1.165, 1.54) is 5.57 Å². The summed E-state index contributed by atoms with van der Waals surface area (Å²) in [5.74, 6) is 2.10. The van der Waals surface area contributed by atoms with Gasteiger partial charge in [-0.1, -0.05) is 12.2 Å². The maximum atomic E-state index is 5.64. The molecule has 0 aromatic carbocycles. The maximum Gasteiger partial charge on any atom is 0.107 e. The molecule has 1 nitrogen and oxygen atoms in total. The molecule has 0 heterocycles. The summed E-state index contributed by atoms with van der Waals surface area (Å²) < 4.78 is 5.64. The summed E-state index contributed by atoms with van der Waals surface area (Å²) in [6, 6.07) is 0. The highest BCUT2D eigenvalue weighted by Crippen LogP contribution is 2.21. The van der Waals surface area contributed by atoms with Crippen LogP contribution < -0.4 is 0 Å². The van der Waals surface area contributed by atoms with Crippen molar-refractivity contribution >= 4 is 0 Å². The molecule has 0 radical (unpaired) electrons. The molecule has 0 aliphatic heterocycles. The normalized spacial score (nSPS) is 18.4. The lowest BCUT2D eigenvalue weighted by Crippen LogP contribution is -1.96. The van der Waals surface area contributed by atoms with E-state index >= 15 is 0 Å². The molecule has 0 unspecified atom stereocenters. The fraction of sp³-hybridized carbons (Fsp3) is 0.455. The van der Waals surface area contributed by atoms with E-state index in [4.69, 9.17) is 4.74 Å². The molecule has 0 amide bonds. The van der Waals surface area contributed by atoms with E-state index in [9.17, 15) is 0 Å². The fourth-order valence-corrected chi connectivity index (χ4v) is 1.15. The van der Waals surface area contributed by atoms with E-state index in [-0.39, 0.29) is 0 Å². The van der Waals surface area contributed by atoms with Crippen molar-refractivity contribution in [3.05, 3.63) is 35.3 Å². The van der Waals surface area contributed by atoms with Gasteiger partial charge in [0.25, 0.3) is 0 Å². The minimum Gasteiger partial charge on any atom is -0.466 e. The standard InChI is InChI=1S/C11H16O/c1-4-10(3)12-11-8-6-5-7-9(11)2/h4-5,7H,6,8H2,1-3H3/b10-4+. The van der Waals surface area contributed by atoms with Crippen LogP contribution in [0.25, 0.3) is 0 Å². The Kier molecular flexibility index (Phi) is 3.15. The molecule has 1 heteroatoms. The minimum atomic E-state index is 0.986. The van der Waals surface area contributed by atoms with Crippen LogP contribution in [-0.2, 0) is 4.74 Å². The maximum absolute atomic E-state index is 5.64. The van der Waals surface area contributed by atoms with Gasteiger partial charge in [-0.15, -0.1) is 0 Å². The van der Waals surface area contributed by atoms with Gasteiger partial charge in [0.15, 0.2) is 0 Å². The van der Waals surface area contributed by atoms with Gasteiger partial charge in [-0.2, -0.15) is 0 Å². The monoisotopic (exact) mass is 164 g/mol. The van der Waals surface area contributed by atoms with Crippen LogP contribution in [-0.4, -0.2) is 0 Å². The molecule has 0 spiro atoms. The zero-order valence-electron chi connectivity index (χ0n) is 8.05. The van der Waals surface area contributed by atoms with Crippen LogP contribution in [0, 0.1) is 0 Å². The molecule has 66 valence electrons. The van der Waals surface area contributed by atoms with Crippen LogP contribution in [0.2, 0.25) is 0 Å². The lowest BCUT2D eigenvalue weighted by atomic mass is 10.1. The van der Waals surface area contributed by atoms with Crippen LogP contribution in [0.1, 0.15) is 33.6 Å². The van der Waals surface area contributed by atoms with Gasteiger partial charge in [0, 0.05) is 6.42 Å². The topological polar surface area (TPSA) is 9.23 Å². The second-order valence-corrected chi connectivity index (χ2v) is 3.05. The summed E-state index contributed by atoms with van der Waals surface area (Å²) in [7, 11) is 0. The van der Waals surface area contributed by atoms with E-state index < -0.39 is 0 Å². The van der Waals surface area contributed by atoms with Gasteiger partial charge in [0.05, 0.1) is 5.76 Å². The minimum absolute atomic E-state index is 0.986. The van der Waals surface area contributed by atoms with Gasteiger partial charge < -0.3 is 4.74 Å². The molecule has 0 aromatic rings. The zero-order chi connectivity index (χ0) is 8.97. The first-order valence-electron chi connectivity index (χ1n) is 4.41. The predicted octanol–water partition coefficient (Wildman–Crippen LogP) is 3.55. The molecule has 0 bridgehead atoms. The van der Waals surface area contributed by atoms with Crippen molar-refractivity contribution in [2.24, 2.45) is 0 Å². The molecule has 1 aliphatic carbocycles. The molecular weight excluding hydrogens is 148 g/mol. The number of rotatable bonds is 2. The van der Waals surface area contributed by atoms with E-state index in [1.807, 2.05) is 19.9 Å². The van der Waals surface area contributed by atoms with Crippen molar-refractivity contribution in [2.75, 3.05) is 0 Å². The predicted molar refractivity (Wildman–Crippen MR) is 51.6 cm³/mol. The Morgan fingerprint density at radius 2 is 2.33 bits per heavy atom. The Hall–Kier alpha value is -0.980. The number of ether oxygens (including phenoxy) is 1. The first-order chi connectivity index (χ1) is 5.74. The quantitative estimate of drug-likeness (QED) is 0.567. The SMILES string of the molecule is C/C=C(\C)OC1=C(C)C=CCC1. The average Bonchev–Trinajstić information content (AvgIpc) is 2.09. The summed E-state index contributed by atoms with van der Waals surface area (Å²) in [4.78, 5) is 0. The molecule has 12 heavy (non-hydrogen) atoms. The first kappa shape index (κ1) is 9.11. The van der Waals surface area contributed by atoms with Crippen molar-refractivity contribution in [2.45, 2.75) is 33.6 Å². The highest BCUT2D eigenvalue weighted by atomic mass is 16.5. The van der Waals surface area contributed by atoms with Gasteiger partial charge in [-0.05, 0) is 38.8 Å². The largest absolute Gasteiger partial charge is 0.466 e. The van der Waals surface area contributed by atoms with Gasteiger partial charge in [-0.25, -0.2) is 0 Å². The number of hydrogen-bond donors (Lipinski definition) is 0. The van der Waals surface area contributed by atoms with Crippen LogP contribution >= 0.6 is 0 Å². The van der Waals surface area contributed by atoms with E-state index in [2.05, 4.69) is 19.1 Å². The van der Waals surface area contributed by atoms with Crippen LogP contribution in [0.5, 0.6) is 0 Å². The van der Waals surface area contributed by atoms with Crippen LogP contribution in [0.4, 0.5) is 0 Å². The third-order valence-electron chi connectivity index (χ3n) is 2.04. The van der Waals surface area contributed by atoms with E-state index in [0.717, 1.165) is 24.4 Å². The Bertz CT molecular complexity index is 244. The molecule has 0 saturated heterocycles. The molecule has 0 saturated carbocycles. The molecule has 0 fully saturated rings. The van der Waals surface area contributed by atoms with Crippen molar-refractivity contribution in [1.29, 1.82) is 0 Å². The highest BCUT2D eigenvalue weighted by molar-refractivity contribution is 5.24. The summed E-state index contributed by atoms with van der Waals surface area (Å²) in [5, 5.41) is 0. The first-order valence-corrected chi connectivity index (χ1v) is 4.41. The number of allylic oxidation sites excluding steroid dienone is 6. The Morgan fingerprint density at radius 1 is 1.58 bits per heavy atom. The Labute approximate surface area is 74.4 Å². The number of hydrogen-bond acceptors (Lipinski definition) is 1. The van der Waals surface area contributed by atoms with Gasteiger partial charge in [-0.3, -0.25) is 0 Å². The lowest BCUT2D eigenvalue weighted by molar-refractivity contribution is 0.287. The second kappa shape index (κ2) is 4.15. The highest BCUT2D eigenvalue weighted by Gasteiger charge is 2.05. The van der Waals surface area contributed by atoms with Gasteiger partial charge in [0.1, 0.15) is 5.76 Å². The molecular formula is C11H16O. The summed E-state index contributed by atoms with van der Waals surface area (Å²) in [6.45, 7) is 6.07. The zero-order valence-corrected chi connectivity index (χ0v) is 8.05.